The molecule has 2 aliphatic carbocycles. The van der Waals surface area contributed by atoms with Gasteiger partial charge in [-0.1, -0.05) is 38.5 Å². The van der Waals surface area contributed by atoms with Gasteiger partial charge in [0.25, 0.3) is 0 Å². The second kappa shape index (κ2) is 6.35. The van der Waals surface area contributed by atoms with Crippen molar-refractivity contribution >= 4 is 8.56 Å². The van der Waals surface area contributed by atoms with Gasteiger partial charge in [-0.3, -0.25) is 0 Å². The van der Waals surface area contributed by atoms with Crippen molar-refractivity contribution in [3.63, 3.8) is 0 Å². The van der Waals surface area contributed by atoms with Crippen molar-refractivity contribution in [2.24, 2.45) is 11.8 Å². The van der Waals surface area contributed by atoms with Crippen LogP contribution in [0.25, 0.3) is 0 Å². The Bertz CT molecular complexity index is 200. The predicted molar refractivity (Wildman–Crippen MR) is 73.3 cm³/mol. The van der Waals surface area contributed by atoms with E-state index in [1.165, 1.54) is 63.5 Å². The highest BCUT2D eigenvalue weighted by atomic mass is 28.4. The number of hydrogen-bond donors (Lipinski definition) is 0. The summed E-state index contributed by atoms with van der Waals surface area (Å²) in [5, 5.41) is 0. The van der Waals surface area contributed by atoms with Gasteiger partial charge in [-0.25, -0.2) is 0 Å². The topological polar surface area (TPSA) is 18.5 Å². The van der Waals surface area contributed by atoms with Crippen molar-refractivity contribution in [1.82, 2.24) is 0 Å². The fourth-order valence-corrected chi connectivity index (χ4v) is 5.96. The Hall–Kier alpha value is 0.137. The van der Waals surface area contributed by atoms with Crippen molar-refractivity contribution in [3.05, 3.63) is 0 Å². The largest absolute Gasteiger partial charge is 0.398 e. The lowest BCUT2D eigenvalue weighted by Gasteiger charge is -2.34. The quantitative estimate of drug-likeness (QED) is 0.609. The molecule has 0 unspecified atom stereocenters. The van der Waals surface area contributed by atoms with Gasteiger partial charge in [0.05, 0.1) is 0 Å². The summed E-state index contributed by atoms with van der Waals surface area (Å²) < 4.78 is 11.7. The maximum absolute atomic E-state index is 5.84. The van der Waals surface area contributed by atoms with Gasteiger partial charge in [0.1, 0.15) is 0 Å². The molecule has 3 heteroatoms. The fourth-order valence-electron chi connectivity index (χ4n) is 3.03. The fraction of sp³-hybridized carbons (Fsp3) is 1.00. The van der Waals surface area contributed by atoms with Crippen LogP contribution in [0, 0.1) is 11.8 Å². The molecule has 2 rings (SSSR count). The summed E-state index contributed by atoms with van der Waals surface area (Å²) in [6.07, 6.45) is 11.4. The van der Waals surface area contributed by atoms with Crippen LogP contribution in [0.3, 0.4) is 0 Å². The van der Waals surface area contributed by atoms with Crippen molar-refractivity contribution in [2.45, 2.75) is 63.5 Å². The molecule has 0 atom stereocenters. The van der Waals surface area contributed by atoms with E-state index in [0.29, 0.717) is 0 Å². The maximum Gasteiger partial charge on any atom is 0.337 e. The third kappa shape index (κ3) is 3.55. The Morgan fingerprint density at radius 2 is 1.24 bits per heavy atom. The van der Waals surface area contributed by atoms with Crippen LogP contribution < -0.4 is 0 Å². The van der Waals surface area contributed by atoms with Gasteiger partial charge in [-0.05, 0) is 36.8 Å². The van der Waals surface area contributed by atoms with E-state index in [-0.39, 0.29) is 0 Å². The van der Waals surface area contributed by atoms with Gasteiger partial charge < -0.3 is 8.85 Å². The van der Waals surface area contributed by atoms with E-state index in [1.54, 1.807) is 0 Å². The standard InChI is InChI=1S/C14H28O2Si/c1-15-17(16-2,11-9-13-5-3-6-13)12-10-14-7-4-8-14/h13-14H,3-12H2,1-2H3. The molecule has 17 heavy (non-hydrogen) atoms. The van der Waals surface area contributed by atoms with Crippen LogP contribution in [-0.2, 0) is 8.85 Å². The molecule has 0 aromatic rings. The van der Waals surface area contributed by atoms with Crippen LogP contribution in [0.15, 0.2) is 0 Å². The lowest BCUT2D eigenvalue weighted by molar-refractivity contribution is 0.217. The van der Waals surface area contributed by atoms with Crippen LogP contribution in [0.2, 0.25) is 12.1 Å². The Morgan fingerprint density at radius 3 is 1.47 bits per heavy atom. The molecular formula is C14H28O2Si. The Kier molecular flexibility index (Phi) is 5.06. The summed E-state index contributed by atoms with van der Waals surface area (Å²) >= 11 is 0. The molecule has 2 nitrogen and oxygen atoms in total. The average Bonchev–Trinajstić information content (AvgIpc) is 2.22. The molecule has 2 aliphatic rings. The summed E-state index contributed by atoms with van der Waals surface area (Å²) in [7, 11) is 1.91. The minimum atomic E-state index is -1.83. The van der Waals surface area contributed by atoms with E-state index in [9.17, 15) is 0 Å². The van der Waals surface area contributed by atoms with Crippen LogP contribution in [0.5, 0.6) is 0 Å². The van der Waals surface area contributed by atoms with Crippen LogP contribution >= 0.6 is 0 Å². The Balaban J connectivity index is 1.74. The molecule has 2 saturated carbocycles. The second-order valence-electron chi connectivity index (χ2n) is 5.99. The molecule has 0 heterocycles. The highest BCUT2D eigenvalue weighted by Gasteiger charge is 2.37. The molecule has 0 aliphatic heterocycles. The van der Waals surface area contributed by atoms with Crippen molar-refractivity contribution in [2.75, 3.05) is 14.2 Å². The van der Waals surface area contributed by atoms with Gasteiger partial charge in [0.2, 0.25) is 0 Å². The molecule has 0 radical (unpaired) electrons. The average molecular weight is 256 g/mol. The van der Waals surface area contributed by atoms with Crippen molar-refractivity contribution in [1.29, 1.82) is 0 Å². The third-order valence-corrected chi connectivity index (χ3v) is 8.65. The molecule has 0 saturated heterocycles. The number of rotatable bonds is 8. The van der Waals surface area contributed by atoms with Gasteiger partial charge >= 0.3 is 8.56 Å². The van der Waals surface area contributed by atoms with E-state index in [4.69, 9.17) is 8.85 Å². The summed E-state index contributed by atoms with van der Waals surface area (Å²) in [5.74, 6) is 1.96. The molecular weight excluding hydrogens is 228 g/mol. The van der Waals surface area contributed by atoms with E-state index < -0.39 is 8.56 Å². The third-order valence-electron chi connectivity index (χ3n) is 5.06. The first-order chi connectivity index (χ1) is 8.28. The highest BCUT2D eigenvalue weighted by Crippen LogP contribution is 2.37. The first-order valence-corrected chi connectivity index (χ1v) is 9.61. The molecule has 100 valence electrons. The Morgan fingerprint density at radius 1 is 0.824 bits per heavy atom. The SMILES string of the molecule is CO[Si](CCC1CCC1)(CCC1CCC1)OC. The zero-order valence-electron chi connectivity index (χ0n) is 11.5. The second-order valence-corrected chi connectivity index (χ2v) is 9.63. The van der Waals surface area contributed by atoms with Crippen LogP contribution in [-0.4, -0.2) is 22.8 Å². The van der Waals surface area contributed by atoms with Gasteiger partial charge in [-0.2, -0.15) is 0 Å². The van der Waals surface area contributed by atoms with E-state index in [2.05, 4.69) is 0 Å². The van der Waals surface area contributed by atoms with E-state index >= 15 is 0 Å². The highest BCUT2D eigenvalue weighted by molar-refractivity contribution is 6.67. The first-order valence-electron chi connectivity index (χ1n) is 7.38. The van der Waals surface area contributed by atoms with E-state index in [1.807, 2.05) is 14.2 Å². The molecule has 0 N–H and O–H groups in total. The van der Waals surface area contributed by atoms with Crippen molar-refractivity contribution < 1.29 is 8.85 Å². The lowest BCUT2D eigenvalue weighted by Crippen LogP contribution is -2.41. The zero-order chi connectivity index (χ0) is 12.1. The Labute approximate surface area is 107 Å². The van der Waals surface area contributed by atoms with Crippen LogP contribution in [0.1, 0.15) is 51.4 Å². The molecule has 2 fully saturated rings. The van der Waals surface area contributed by atoms with Gasteiger partial charge in [0.15, 0.2) is 0 Å². The minimum Gasteiger partial charge on any atom is -0.398 e. The van der Waals surface area contributed by atoms with Crippen molar-refractivity contribution in [3.8, 4) is 0 Å². The number of hydrogen-bond acceptors (Lipinski definition) is 2. The minimum absolute atomic E-state index is 0.982. The molecule has 0 spiro atoms. The molecule has 0 amide bonds. The molecule has 0 aromatic heterocycles. The summed E-state index contributed by atoms with van der Waals surface area (Å²) in [5.41, 5.74) is 0. The van der Waals surface area contributed by atoms with Gasteiger partial charge in [-0.15, -0.1) is 0 Å². The smallest absolute Gasteiger partial charge is 0.337 e. The molecule has 0 bridgehead atoms. The maximum atomic E-state index is 5.84. The predicted octanol–water partition coefficient (Wildman–Crippen LogP) is 4.10. The summed E-state index contributed by atoms with van der Waals surface area (Å²) in [6, 6.07) is 2.44. The lowest BCUT2D eigenvalue weighted by atomic mass is 9.83. The summed E-state index contributed by atoms with van der Waals surface area (Å²) in [4.78, 5) is 0. The summed E-state index contributed by atoms with van der Waals surface area (Å²) in [6.45, 7) is 0. The van der Waals surface area contributed by atoms with E-state index in [0.717, 1.165) is 11.8 Å². The monoisotopic (exact) mass is 256 g/mol. The normalized spacial score (nSPS) is 22.2. The molecule has 0 aromatic carbocycles. The first kappa shape index (κ1) is 13.6. The van der Waals surface area contributed by atoms with Crippen LogP contribution in [0.4, 0.5) is 0 Å². The zero-order valence-corrected chi connectivity index (χ0v) is 12.5. The van der Waals surface area contributed by atoms with Gasteiger partial charge in [0, 0.05) is 14.2 Å².